The minimum absolute atomic E-state index is 0.300. The van der Waals surface area contributed by atoms with E-state index in [0.717, 1.165) is 11.1 Å². The maximum Gasteiger partial charge on any atom is 0.509 e. The predicted octanol–water partition coefficient (Wildman–Crippen LogP) is 3.32. The Morgan fingerprint density at radius 3 is 2.24 bits per heavy atom. The molecule has 0 aliphatic carbocycles. The van der Waals surface area contributed by atoms with E-state index in [9.17, 15) is 9.59 Å². The third kappa shape index (κ3) is 4.76. The zero-order valence-corrected chi connectivity index (χ0v) is 11.5. The molecule has 1 unspecified atom stereocenters. The van der Waals surface area contributed by atoms with Gasteiger partial charge in [0.2, 0.25) is 0 Å². The molecule has 4 nitrogen and oxygen atoms in total. The molecule has 0 aliphatic rings. The number of carbonyl (C=O) groups excluding carboxylic acids is 2. The lowest BCUT2D eigenvalue weighted by Gasteiger charge is -2.18. The molecule has 0 heterocycles. The van der Waals surface area contributed by atoms with Crippen molar-refractivity contribution in [3.63, 3.8) is 0 Å². The van der Waals surface area contributed by atoms with E-state index in [4.69, 9.17) is 4.74 Å². The molecule has 108 valence electrons. The summed E-state index contributed by atoms with van der Waals surface area (Å²) in [4.78, 5) is 21.8. The van der Waals surface area contributed by atoms with Crippen molar-refractivity contribution < 1.29 is 19.1 Å². The molecule has 0 N–H and O–H groups in total. The molecule has 2 rings (SSSR count). The quantitative estimate of drug-likeness (QED) is 0.603. The maximum absolute atomic E-state index is 11.6. The van der Waals surface area contributed by atoms with Gasteiger partial charge in [0.25, 0.3) is 0 Å². The number of benzene rings is 2. The normalized spacial score (nSPS) is 11.4. The van der Waals surface area contributed by atoms with Gasteiger partial charge in [-0.3, -0.25) is 4.79 Å². The van der Waals surface area contributed by atoms with Gasteiger partial charge in [0.05, 0.1) is 0 Å². The summed E-state index contributed by atoms with van der Waals surface area (Å²) in [6.45, 7) is -0.300. The first-order chi connectivity index (χ1) is 10.3. The highest BCUT2D eigenvalue weighted by Gasteiger charge is 2.18. The van der Waals surface area contributed by atoms with Crippen molar-refractivity contribution >= 4 is 12.4 Å². The topological polar surface area (TPSA) is 52.6 Å². The van der Waals surface area contributed by atoms with E-state index < -0.39 is 12.3 Å². The minimum atomic E-state index is -0.841. The van der Waals surface area contributed by atoms with Crippen LogP contribution in [0.25, 0.3) is 0 Å². The predicted molar refractivity (Wildman–Crippen MR) is 77.8 cm³/mol. The van der Waals surface area contributed by atoms with Gasteiger partial charge in [-0.2, -0.15) is 0 Å². The summed E-state index contributed by atoms with van der Waals surface area (Å²) in [6, 6.07) is 19.2. The van der Waals surface area contributed by atoms with E-state index in [0.29, 0.717) is 12.7 Å². The molecular weight excluding hydrogens is 268 g/mol. The van der Waals surface area contributed by atoms with Crippen LogP contribution >= 0.6 is 0 Å². The standard InChI is InChI=1S/C17H16O4/c18-11-12-20-17(19)21-16(15-9-5-2-6-10-15)13-14-7-3-1-4-8-14/h1-11,16H,12-13H2. The molecule has 21 heavy (non-hydrogen) atoms. The Morgan fingerprint density at radius 2 is 1.62 bits per heavy atom. The fourth-order valence-corrected chi connectivity index (χ4v) is 1.98. The molecule has 0 bridgehead atoms. The third-order valence-electron chi connectivity index (χ3n) is 2.94. The monoisotopic (exact) mass is 284 g/mol. The van der Waals surface area contributed by atoms with E-state index in [-0.39, 0.29) is 6.61 Å². The van der Waals surface area contributed by atoms with Gasteiger partial charge in [-0.1, -0.05) is 60.7 Å². The second-order valence-corrected chi connectivity index (χ2v) is 4.43. The van der Waals surface area contributed by atoms with Crippen LogP contribution in [0.5, 0.6) is 0 Å². The fraction of sp³-hybridized carbons (Fsp3) is 0.176. The molecule has 4 heteroatoms. The molecule has 0 spiro atoms. The van der Waals surface area contributed by atoms with Crippen LogP contribution in [0.15, 0.2) is 60.7 Å². The number of hydrogen-bond donors (Lipinski definition) is 0. The highest BCUT2D eigenvalue weighted by Crippen LogP contribution is 2.22. The van der Waals surface area contributed by atoms with Gasteiger partial charge in [-0.05, 0) is 11.1 Å². The van der Waals surface area contributed by atoms with E-state index in [2.05, 4.69) is 4.74 Å². The SMILES string of the molecule is O=CCOC(=O)OC(Cc1ccccc1)c1ccccc1. The van der Waals surface area contributed by atoms with Crippen molar-refractivity contribution in [1.29, 1.82) is 0 Å². The zero-order valence-electron chi connectivity index (χ0n) is 11.5. The first-order valence-corrected chi connectivity index (χ1v) is 6.65. The lowest BCUT2D eigenvalue weighted by atomic mass is 10.0. The Kier molecular flexibility index (Phi) is 5.52. The van der Waals surface area contributed by atoms with Crippen molar-refractivity contribution in [2.45, 2.75) is 12.5 Å². The number of rotatable bonds is 6. The van der Waals surface area contributed by atoms with E-state index >= 15 is 0 Å². The Hall–Kier alpha value is -2.62. The van der Waals surface area contributed by atoms with Crippen molar-refractivity contribution in [2.75, 3.05) is 6.61 Å². The maximum atomic E-state index is 11.6. The second-order valence-electron chi connectivity index (χ2n) is 4.43. The largest absolute Gasteiger partial charge is 0.509 e. The Bertz CT molecular complexity index is 566. The third-order valence-corrected chi connectivity index (χ3v) is 2.94. The van der Waals surface area contributed by atoms with Gasteiger partial charge in [0, 0.05) is 6.42 Å². The smallest absolute Gasteiger partial charge is 0.427 e. The van der Waals surface area contributed by atoms with E-state index in [1.165, 1.54) is 0 Å². The zero-order chi connectivity index (χ0) is 14.9. The molecule has 1 atom stereocenters. The van der Waals surface area contributed by atoms with Crippen LogP contribution in [0.3, 0.4) is 0 Å². The van der Waals surface area contributed by atoms with Crippen LogP contribution < -0.4 is 0 Å². The molecule has 0 aromatic heterocycles. The van der Waals surface area contributed by atoms with Crippen LogP contribution in [-0.4, -0.2) is 19.0 Å². The van der Waals surface area contributed by atoms with Crippen LogP contribution in [0.2, 0.25) is 0 Å². The van der Waals surface area contributed by atoms with Crippen LogP contribution in [0.1, 0.15) is 17.2 Å². The lowest BCUT2D eigenvalue weighted by Crippen LogP contribution is -2.15. The molecule has 2 aromatic rings. The van der Waals surface area contributed by atoms with Crippen molar-refractivity contribution in [3.05, 3.63) is 71.8 Å². The Balaban J connectivity index is 2.11. The molecule has 0 fully saturated rings. The number of aldehydes is 1. The highest BCUT2D eigenvalue weighted by atomic mass is 16.7. The number of carbonyl (C=O) groups is 2. The molecule has 0 radical (unpaired) electrons. The average molecular weight is 284 g/mol. The Morgan fingerprint density at radius 1 is 1.00 bits per heavy atom. The van der Waals surface area contributed by atoms with Gasteiger partial charge < -0.3 is 9.47 Å². The number of ether oxygens (including phenoxy) is 2. The molecule has 0 aliphatic heterocycles. The first-order valence-electron chi connectivity index (χ1n) is 6.65. The average Bonchev–Trinajstić information content (AvgIpc) is 2.54. The molecular formula is C17H16O4. The molecule has 0 saturated carbocycles. The summed E-state index contributed by atoms with van der Waals surface area (Å²) < 4.78 is 9.97. The highest BCUT2D eigenvalue weighted by molar-refractivity contribution is 5.64. The minimum Gasteiger partial charge on any atom is -0.427 e. The van der Waals surface area contributed by atoms with Crippen molar-refractivity contribution in [1.82, 2.24) is 0 Å². The van der Waals surface area contributed by atoms with Gasteiger partial charge in [0.15, 0.2) is 12.9 Å². The van der Waals surface area contributed by atoms with E-state index in [1.807, 2.05) is 60.7 Å². The van der Waals surface area contributed by atoms with Crippen LogP contribution in [0.4, 0.5) is 4.79 Å². The van der Waals surface area contributed by atoms with Crippen LogP contribution in [-0.2, 0) is 20.7 Å². The second kappa shape index (κ2) is 7.85. The van der Waals surface area contributed by atoms with Gasteiger partial charge in [-0.15, -0.1) is 0 Å². The van der Waals surface area contributed by atoms with E-state index in [1.54, 1.807) is 0 Å². The van der Waals surface area contributed by atoms with Gasteiger partial charge in [-0.25, -0.2) is 4.79 Å². The first kappa shape index (κ1) is 14.8. The van der Waals surface area contributed by atoms with Gasteiger partial charge >= 0.3 is 6.16 Å². The summed E-state index contributed by atoms with van der Waals surface area (Å²) in [5, 5.41) is 0. The molecule has 2 aromatic carbocycles. The number of hydrogen-bond acceptors (Lipinski definition) is 4. The Labute approximate surface area is 123 Å². The van der Waals surface area contributed by atoms with Crippen molar-refractivity contribution in [3.8, 4) is 0 Å². The fourth-order valence-electron chi connectivity index (χ4n) is 1.98. The van der Waals surface area contributed by atoms with Gasteiger partial charge in [0.1, 0.15) is 6.10 Å². The lowest BCUT2D eigenvalue weighted by molar-refractivity contribution is -0.111. The summed E-state index contributed by atoms with van der Waals surface area (Å²) in [5.41, 5.74) is 1.93. The molecule has 0 saturated heterocycles. The summed E-state index contributed by atoms with van der Waals surface area (Å²) in [6.07, 6.45) is -0.239. The van der Waals surface area contributed by atoms with Crippen molar-refractivity contribution in [2.24, 2.45) is 0 Å². The summed E-state index contributed by atoms with van der Waals surface area (Å²) in [5.74, 6) is 0. The summed E-state index contributed by atoms with van der Waals surface area (Å²) >= 11 is 0. The summed E-state index contributed by atoms with van der Waals surface area (Å²) in [7, 11) is 0. The molecule has 0 amide bonds. The van der Waals surface area contributed by atoms with Crippen LogP contribution in [0, 0.1) is 0 Å².